The van der Waals surface area contributed by atoms with E-state index < -0.39 is 0 Å². The predicted molar refractivity (Wildman–Crippen MR) is 93.8 cm³/mol. The summed E-state index contributed by atoms with van der Waals surface area (Å²) >= 11 is 5.98. The maximum atomic E-state index is 12.6. The van der Waals surface area contributed by atoms with Gasteiger partial charge in [0.15, 0.2) is 6.04 Å². The summed E-state index contributed by atoms with van der Waals surface area (Å²) in [5.74, 6) is -0.289. The molecule has 0 aromatic heterocycles. The Morgan fingerprint density at radius 1 is 1.12 bits per heavy atom. The van der Waals surface area contributed by atoms with Crippen LogP contribution in [0.15, 0.2) is 48.5 Å². The van der Waals surface area contributed by atoms with Gasteiger partial charge in [-0.3, -0.25) is 9.59 Å². The normalized spacial score (nSPS) is 17.6. The molecule has 1 fully saturated rings. The number of carbonyl (C=O) groups is 2. The summed E-state index contributed by atoms with van der Waals surface area (Å²) in [6.45, 7) is 2.69. The van der Waals surface area contributed by atoms with Gasteiger partial charge in [0.2, 0.25) is 5.91 Å². The van der Waals surface area contributed by atoms with Crippen molar-refractivity contribution in [3.8, 4) is 0 Å². The van der Waals surface area contributed by atoms with Crippen LogP contribution in [0.1, 0.15) is 24.5 Å². The molecule has 24 heavy (non-hydrogen) atoms. The number of quaternary nitrogens is 1. The first-order valence-electron chi connectivity index (χ1n) is 8.12. The lowest BCUT2D eigenvalue weighted by Crippen LogP contribution is -2.90. The highest BCUT2D eigenvalue weighted by Crippen LogP contribution is 2.22. The summed E-state index contributed by atoms with van der Waals surface area (Å²) in [5.41, 5.74) is 2.87. The largest absolute Gasteiger partial charge is 0.332 e. The molecule has 0 saturated carbocycles. The number of rotatable bonds is 5. The van der Waals surface area contributed by atoms with Crippen molar-refractivity contribution in [2.45, 2.75) is 32.4 Å². The number of halogens is 1. The lowest BCUT2D eigenvalue weighted by atomic mass is 10.1. The Labute approximate surface area is 146 Å². The molecule has 3 rings (SSSR count). The second kappa shape index (κ2) is 7.16. The molecule has 2 amide bonds. The minimum atomic E-state index is -0.373. The lowest BCUT2D eigenvalue weighted by Gasteiger charge is -2.14. The van der Waals surface area contributed by atoms with E-state index in [1.165, 1.54) is 10.5 Å². The number of amides is 2. The summed E-state index contributed by atoms with van der Waals surface area (Å²) in [6.07, 6.45) is 1.16. The van der Waals surface area contributed by atoms with Gasteiger partial charge in [-0.1, -0.05) is 42.8 Å². The van der Waals surface area contributed by atoms with Crippen molar-refractivity contribution in [3.63, 3.8) is 0 Å². The third kappa shape index (κ3) is 3.50. The van der Waals surface area contributed by atoms with Gasteiger partial charge in [-0.15, -0.1) is 0 Å². The number of nitrogens with two attached hydrogens (primary N) is 1. The highest BCUT2D eigenvalue weighted by molar-refractivity contribution is 6.30. The third-order valence-electron chi connectivity index (χ3n) is 4.31. The van der Waals surface area contributed by atoms with Gasteiger partial charge in [0, 0.05) is 10.6 Å². The number of hydrogen-bond donors (Lipinski definition) is 1. The first-order valence-corrected chi connectivity index (χ1v) is 8.50. The van der Waals surface area contributed by atoms with E-state index in [-0.39, 0.29) is 24.3 Å². The van der Waals surface area contributed by atoms with Gasteiger partial charge >= 0.3 is 0 Å². The van der Waals surface area contributed by atoms with E-state index in [1.807, 2.05) is 53.8 Å². The van der Waals surface area contributed by atoms with E-state index in [9.17, 15) is 9.59 Å². The highest BCUT2D eigenvalue weighted by Gasteiger charge is 2.42. The molecule has 0 aliphatic carbocycles. The van der Waals surface area contributed by atoms with Gasteiger partial charge < -0.3 is 5.32 Å². The van der Waals surface area contributed by atoms with Crippen LogP contribution in [-0.2, 0) is 22.6 Å². The van der Waals surface area contributed by atoms with Crippen LogP contribution in [0.4, 0.5) is 5.69 Å². The van der Waals surface area contributed by atoms with Gasteiger partial charge in [-0.2, -0.15) is 0 Å². The molecule has 0 bridgehead atoms. The van der Waals surface area contributed by atoms with Crippen molar-refractivity contribution in [3.05, 3.63) is 64.7 Å². The van der Waals surface area contributed by atoms with Crippen LogP contribution < -0.4 is 10.2 Å². The Hall–Kier alpha value is -2.17. The van der Waals surface area contributed by atoms with Gasteiger partial charge in [0.05, 0.1) is 12.1 Å². The molecule has 2 aromatic carbocycles. The first-order chi connectivity index (χ1) is 11.6. The zero-order chi connectivity index (χ0) is 17.1. The fourth-order valence-corrected chi connectivity index (χ4v) is 3.15. The lowest BCUT2D eigenvalue weighted by molar-refractivity contribution is -0.690. The molecule has 1 aliphatic heterocycles. The van der Waals surface area contributed by atoms with Crippen LogP contribution in [0.2, 0.25) is 5.02 Å². The molecule has 1 saturated heterocycles. The topological polar surface area (TPSA) is 54.0 Å². The van der Waals surface area contributed by atoms with Gasteiger partial charge in [0.1, 0.15) is 6.54 Å². The molecule has 4 nitrogen and oxygen atoms in total. The minimum Gasteiger partial charge on any atom is -0.332 e. The van der Waals surface area contributed by atoms with Gasteiger partial charge in [0.25, 0.3) is 5.91 Å². The van der Waals surface area contributed by atoms with Crippen LogP contribution in [0, 0.1) is 0 Å². The van der Waals surface area contributed by atoms with Crippen LogP contribution in [0.5, 0.6) is 0 Å². The van der Waals surface area contributed by atoms with Gasteiger partial charge in [-0.25, -0.2) is 4.90 Å². The molecule has 1 aliphatic rings. The summed E-state index contributed by atoms with van der Waals surface area (Å²) in [6, 6.07) is 14.8. The monoisotopic (exact) mass is 343 g/mol. The number of aryl methyl sites for hydroxylation is 1. The first kappa shape index (κ1) is 16.7. The van der Waals surface area contributed by atoms with Gasteiger partial charge in [-0.05, 0) is 36.2 Å². The molecule has 0 radical (unpaired) electrons. The number of carbonyl (C=O) groups excluding carboxylic acids is 2. The molecule has 2 aromatic rings. The Bertz CT molecular complexity index is 758. The Morgan fingerprint density at radius 3 is 2.54 bits per heavy atom. The Kier molecular flexibility index (Phi) is 4.97. The van der Waals surface area contributed by atoms with Crippen LogP contribution >= 0.6 is 11.6 Å². The summed E-state index contributed by atoms with van der Waals surface area (Å²) < 4.78 is 0. The van der Waals surface area contributed by atoms with E-state index >= 15 is 0 Å². The molecule has 124 valence electrons. The second-order valence-electron chi connectivity index (χ2n) is 5.97. The molecule has 5 heteroatoms. The average Bonchev–Trinajstić information content (AvgIpc) is 2.87. The van der Waals surface area contributed by atoms with Crippen molar-refractivity contribution < 1.29 is 14.9 Å². The maximum Gasteiger partial charge on any atom is 0.292 e. The fraction of sp³-hybridized carbons (Fsp3) is 0.263. The van der Waals surface area contributed by atoms with Crippen molar-refractivity contribution >= 4 is 29.1 Å². The van der Waals surface area contributed by atoms with E-state index in [4.69, 9.17) is 11.6 Å². The van der Waals surface area contributed by atoms with Crippen LogP contribution in [-0.4, -0.2) is 17.9 Å². The van der Waals surface area contributed by atoms with E-state index in [0.717, 1.165) is 12.0 Å². The number of benzene rings is 2. The summed E-state index contributed by atoms with van der Waals surface area (Å²) in [7, 11) is 0. The van der Waals surface area contributed by atoms with E-state index in [1.54, 1.807) is 0 Å². The molecule has 1 heterocycles. The maximum absolute atomic E-state index is 12.6. The second-order valence-corrected chi connectivity index (χ2v) is 6.40. The summed E-state index contributed by atoms with van der Waals surface area (Å²) in [5, 5.41) is 2.58. The van der Waals surface area contributed by atoms with E-state index in [2.05, 4.69) is 6.92 Å². The predicted octanol–water partition coefficient (Wildman–Crippen LogP) is 2.30. The third-order valence-corrected chi connectivity index (χ3v) is 4.55. The fourth-order valence-electron chi connectivity index (χ4n) is 2.93. The minimum absolute atomic E-state index is 0.142. The molecule has 0 spiro atoms. The van der Waals surface area contributed by atoms with Crippen molar-refractivity contribution in [2.24, 2.45) is 0 Å². The van der Waals surface area contributed by atoms with E-state index in [0.29, 0.717) is 17.3 Å². The smallest absolute Gasteiger partial charge is 0.292 e. The van der Waals surface area contributed by atoms with Crippen molar-refractivity contribution in [2.75, 3.05) is 4.90 Å². The average molecular weight is 344 g/mol. The quantitative estimate of drug-likeness (QED) is 0.847. The molecule has 1 atom stereocenters. The number of anilines is 1. The molecular weight excluding hydrogens is 324 g/mol. The summed E-state index contributed by atoms with van der Waals surface area (Å²) in [4.78, 5) is 26.2. The Balaban J connectivity index is 1.69. The zero-order valence-electron chi connectivity index (χ0n) is 13.5. The highest BCUT2D eigenvalue weighted by atomic mass is 35.5. The zero-order valence-corrected chi connectivity index (χ0v) is 14.3. The molecular formula is C19H20ClN2O2+. The Morgan fingerprint density at radius 2 is 1.88 bits per heavy atom. The van der Waals surface area contributed by atoms with Crippen LogP contribution in [0.3, 0.4) is 0 Å². The standard InChI is InChI=1S/C19H19ClN2O2/c1-2-13-6-8-16(9-7-13)22-18(23)11-17(19(22)24)21-12-14-4-3-5-15(20)10-14/h3-10,17,21H,2,11-12H2,1H3/p+1/t17-/m0/s1. The van der Waals surface area contributed by atoms with Crippen LogP contribution in [0.25, 0.3) is 0 Å². The van der Waals surface area contributed by atoms with Crippen molar-refractivity contribution in [1.82, 2.24) is 0 Å². The van der Waals surface area contributed by atoms with Crippen molar-refractivity contribution in [1.29, 1.82) is 0 Å². The number of nitrogens with zero attached hydrogens (tertiary/aromatic N) is 1. The SMILES string of the molecule is CCc1ccc(N2C(=O)C[C@H]([NH2+]Cc3cccc(Cl)c3)C2=O)cc1. The number of imide groups is 1. The number of hydrogen-bond acceptors (Lipinski definition) is 2. The molecule has 0 unspecified atom stereocenters. The molecule has 2 N–H and O–H groups in total.